The standard InChI is InChI=1S/C14H14N4O/c1-9-3-5-12(19-2)11(7-9)14-17-16-13-6-4-10(15)8-18(13)14/h3-8H,15H2,1-2H3. The van der Waals surface area contributed by atoms with Gasteiger partial charge < -0.3 is 10.5 Å². The summed E-state index contributed by atoms with van der Waals surface area (Å²) in [7, 11) is 1.64. The number of pyridine rings is 1. The quantitative estimate of drug-likeness (QED) is 0.762. The Kier molecular flexibility index (Phi) is 2.59. The number of hydrogen-bond acceptors (Lipinski definition) is 4. The summed E-state index contributed by atoms with van der Waals surface area (Å²) in [6.45, 7) is 2.03. The number of nitrogens with zero attached hydrogens (tertiary/aromatic N) is 3. The highest BCUT2D eigenvalue weighted by Crippen LogP contribution is 2.30. The van der Waals surface area contributed by atoms with Gasteiger partial charge in [0.25, 0.3) is 0 Å². The molecule has 0 bridgehead atoms. The van der Waals surface area contributed by atoms with Crippen LogP contribution in [0.1, 0.15) is 5.56 Å². The first-order valence-electron chi connectivity index (χ1n) is 5.94. The number of ether oxygens (including phenoxy) is 1. The highest BCUT2D eigenvalue weighted by atomic mass is 16.5. The Morgan fingerprint density at radius 3 is 2.79 bits per heavy atom. The van der Waals surface area contributed by atoms with Crippen LogP contribution in [0.25, 0.3) is 17.0 Å². The summed E-state index contributed by atoms with van der Waals surface area (Å²) < 4.78 is 7.26. The third-order valence-electron chi connectivity index (χ3n) is 3.02. The maximum atomic E-state index is 5.82. The molecule has 2 aromatic heterocycles. The highest BCUT2D eigenvalue weighted by Gasteiger charge is 2.13. The Balaban J connectivity index is 2.29. The number of methoxy groups -OCH3 is 1. The van der Waals surface area contributed by atoms with E-state index in [1.54, 1.807) is 13.2 Å². The highest BCUT2D eigenvalue weighted by molar-refractivity contribution is 5.68. The lowest BCUT2D eigenvalue weighted by Crippen LogP contribution is -1.95. The van der Waals surface area contributed by atoms with E-state index in [1.807, 2.05) is 41.8 Å². The van der Waals surface area contributed by atoms with Crippen LogP contribution in [0.15, 0.2) is 36.5 Å². The first-order valence-corrected chi connectivity index (χ1v) is 5.94. The number of fused-ring (bicyclic) bond motifs is 1. The molecule has 5 nitrogen and oxygen atoms in total. The molecule has 0 spiro atoms. The van der Waals surface area contributed by atoms with Gasteiger partial charge in [-0.05, 0) is 31.2 Å². The summed E-state index contributed by atoms with van der Waals surface area (Å²) in [6.07, 6.45) is 1.81. The Hall–Kier alpha value is -2.56. The smallest absolute Gasteiger partial charge is 0.172 e. The van der Waals surface area contributed by atoms with Crippen LogP contribution in [0.2, 0.25) is 0 Å². The normalized spacial score (nSPS) is 10.8. The zero-order chi connectivity index (χ0) is 13.4. The molecule has 19 heavy (non-hydrogen) atoms. The van der Waals surface area contributed by atoms with E-state index in [1.165, 1.54) is 0 Å². The zero-order valence-corrected chi connectivity index (χ0v) is 10.8. The van der Waals surface area contributed by atoms with E-state index in [9.17, 15) is 0 Å². The van der Waals surface area contributed by atoms with E-state index in [2.05, 4.69) is 10.2 Å². The van der Waals surface area contributed by atoms with Crippen molar-refractivity contribution in [3.05, 3.63) is 42.1 Å². The van der Waals surface area contributed by atoms with Crippen LogP contribution in [0.3, 0.4) is 0 Å². The van der Waals surface area contributed by atoms with Gasteiger partial charge >= 0.3 is 0 Å². The predicted molar refractivity (Wildman–Crippen MR) is 74.1 cm³/mol. The molecule has 0 fully saturated rings. The Bertz CT molecular complexity index is 748. The van der Waals surface area contributed by atoms with E-state index >= 15 is 0 Å². The van der Waals surface area contributed by atoms with Crippen molar-refractivity contribution in [1.82, 2.24) is 14.6 Å². The molecule has 0 aliphatic rings. The Morgan fingerprint density at radius 1 is 1.16 bits per heavy atom. The molecular weight excluding hydrogens is 240 g/mol. The monoisotopic (exact) mass is 254 g/mol. The second-order valence-corrected chi connectivity index (χ2v) is 4.42. The molecular formula is C14H14N4O. The van der Waals surface area contributed by atoms with Crippen LogP contribution in [0, 0.1) is 6.92 Å². The van der Waals surface area contributed by atoms with Crippen LogP contribution < -0.4 is 10.5 Å². The summed E-state index contributed by atoms with van der Waals surface area (Å²) in [5.74, 6) is 1.49. The van der Waals surface area contributed by atoms with Crippen LogP contribution in [0.4, 0.5) is 5.69 Å². The van der Waals surface area contributed by atoms with E-state index < -0.39 is 0 Å². The number of hydrogen-bond donors (Lipinski definition) is 1. The minimum absolute atomic E-state index is 0.667. The molecule has 0 atom stereocenters. The second kappa shape index (κ2) is 4.28. The molecule has 0 aliphatic carbocycles. The molecule has 0 saturated carbocycles. The molecule has 3 aromatic rings. The number of aromatic nitrogens is 3. The number of aryl methyl sites for hydroxylation is 1. The van der Waals surface area contributed by atoms with Crippen LogP contribution in [-0.4, -0.2) is 21.7 Å². The van der Waals surface area contributed by atoms with Gasteiger partial charge in [-0.3, -0.25) is 4.40 Å². The molecule has 0 unspecified atom stereocenters. The van der Waals surface area contributed by atoms with Gasteiger partial charge in [0, 0.05) is 11.9 Å². The summed E-state index contributed by atoms with van der Waals surface area (Å²) in [6, 6.07) is 9.60. The van der Waals surface area contributed by atoms with Crippen molar-refractivity contribution in [2.24, 2.45) is 0 Å². The molecule has 2 N–H and O–H groups in total. The minimum atomic E-state index is 0.667. The second-order valence-electron chi connectivity index (χ2n) is 4.42. The lowest BCUT2D eigenvalue weighted by atomic mass is 10.1. The SMILES string of the molecule is COc1ccc(C)cc1-c1nnc2ccc(N)cn12. The maximum absolute atomic E-state index is 5.82. The number of nitrogens with two attached hydrogens (primary N) is 1. The number of benzene rings is 1. The summed E-state index contributed by atoms with van der Waals surface area (Å²) in [4.78, 5) is 0. The van der Waals surface area contributed by atoms with Crippen LogP contribution in [0.5, 0.6) is 5.75 Å². The summed E-state index contributed by atoms with van der Waals surface area (Å²) >= 11 is 0. The van der Waals surface area contributed by atoms with Gasteiger partial charge in [0.15, 0.2) is 11.5 Å². The van der Waals surface area contributed by atoms with E-state index in [-0.39, 0.29) is 0 Å². The van der Waals surface area contributed by atoms with E-state index in [0.717, 1.165) is 28.3 Å². The van der Waals surface area contributed by atoms with Crippen molar-refractivity contribution >= 4 is 11.3 Å². The number of nitrogen functional groups attached to an aromatic ring is 1. The molecule has 1 aromatic carbocycles. The molecule has 5 heteroatoms. The van der Waals surface area contributed by atoms with Crippen LogP contribution >= 0.6 is 0 Å². The first-order chi connectivity index (χ1) is 9.19. The van der Waals surface area contributed by atoms with Crippen molar-refractivity contribution < 1.29 is 4.74 Å². The average Bonchev–Trinajstić information content (AvgIpc) is 2.81. The van der Waals surface area contributed by atoms with E-state index in [0.29, 0.717) is 5.69 Å². The Morgan fingerprint density at radius 2 is 2.00 bits per heavy atom. The largest absolute Gasteiger partial charge is 0.496 e. The molecule has 0 saturated heterocycles. The van der Waals surface area contributed by atoms with Gasteiger partial charge in [0.2, 0.25) is 0 Å². The third-order valence-corrected chi connectivity index (χ3v) is 3.02. The fraction of sp³-hybridized carbons (Fsp3) is 0.143. The first kappa shape index (κ1) is 11.5. The van der Waals surface area contributed by atoms with Crippen LogP contribution in [-0.2, 0) is 0 Å². The van der Waals surface area contributed by atoms with Crippen molar-refractivity contribution in [3.8, 4) is 17.1 Å². The maximum Gasteiger partial charge on any atom is 0.172 e. The van der Waals surface area contributed by atoms with Gasteiger partial charge in [-0.15, -0.1) is 10.2 Å². The fourth-order valence-electron chi connectivity index (χ4n) is 2.09. The number of rotatable bonds is 2. The lowest BCUT2D eigenvalue weighted by molar-refractivity contribution is 0.416. The molecule has 0 radical (unpaired) electrons. The average molecular weight is 254 g/mol. The van der Waals surface area contributed by atoms with Gasteiger partial charge in [0.05, 0.1) is 12.7 Å². The summed E-state index contributed by atoms with van der Waals surface area (Å²) in [5.41, 5.74) is 9.29. The predicted octanol–water partition coefficient (Wildman–Crippen LogP) is 2.30. The van der Waals surface area contributed by atoms with E-state index in [4.69, 9.17) is 10.5 Å². The summed E-state index contributed by atoms with van der Waals surface area (Å²) in [5, 5.41) is 8.38. The van der Waals surface area contributed by atoms with Gasteiger partial charge in [0.1, 0.15) is 5.75 Å². The third kappa shape index (κ3) is 1.89. The van der Waals surface area contributed by atoms with Crippen molar-refractivity contribution in [2.75, 3.05) is 12.8 Å². The minimum Gasteiger partial charge on any atom is -0.496 e. The van der Waals surface area contributed by atoms with Crippen molar-refractivity contribution in [2.45, 2.75) is 6.92 Å². The number of anilines is 1. The molecule has 3 rings (SSSR count). The van der Waals surface area contributed by atoms with Crippen molar-refractivity contribution in [3.63, 3.8) is 0 Å². The fourth-order valence-corrected chi connectivity index (χ4v) is 2.09. The Labute approximate surface area is 110 Å². The topological polar surface area (TPSA) is 65.4 Å². The van der Waals surface area contributed by atoms with Gasteiger partial charge in [-0.2, -0.15) is 0 Å². The van der Waals surface area contributed by atoms with Gasteiger partial charge in [-0.1, -0.05) is 11.6 Å². The van der Waals surface area contributed by atoms with Crippen molar-refractivity contribution in [1.29, 1.82) is 0 Å². The molecule has 2 heterocycles. The van der Waals surface area contributed by atoms with Gasteiger partial charge in [-0.25, -0.2) is 0 Å². The lowest BCUT2D eigenvalue weighted by Gasteiger charge is -2.08. The molecule has 96 valence electrons. The molecule has 0 amide bonds. The zero-order valence-electron chi connectivity index (χ0n) is 10.8. The molecule has 0 aliphatic heterocycles.